The summed E-state index contributed by atoms with van der Waals surface area (Å²) in [7, 11) is -3.99. The third kappa shape index (κ3) is 4.49. The van der Waals surface area contributed by atoms with Crippen molar-refractivity contribution in [2.75, 3.05) is 39.4 Å². The fourth-order valence-corrected chi connectivity index (χ4v) is 5.33. The van der Waals surface area contributed by atoms with E-state index in [1.165, 1.54) is 22.5 Å². The molecule has 1 unspecified atom stereocenters. The molecule has 1 aromatic carbocycles. The van der Waals surface area contributed by atoms with Crippen LogP contribution in [-0.4, -0.2) is 67.8 Å². The van der Waals surface area contributed by atoms with Gasteiger partial charge in [-0.2, -0.15) is 4.31 Å². The fourth-order valence-electron chi connectivity index (χ4n) is 3.80. The van der Waals surface area contributed by atoms with E-state index in [2.05, 4.69) is 9.88 Å². The Morgan fingerprint density at radius 3 is 2.69 bits per heavy atom. The summed E-state index contributed by atoms with van der Waals surface area (Å²) < 4.78 is 53.5. The van der Waals surface area contributed by atoms with Crippen LogP contribution in [0.15, 0.2) is 53.7 Å². The Hall–Kier alpha value is -1.91. The molecule has 0 amide bonds. The van der Waals surface area contributed by atoms with Gasteiger partial charge in [0.15, 0.2) is 5.79 Å². The number of hydrogen-bond acceptors (Lipinski definition) is 6. The average Bonchev–Trinajstić information content (AvgIpc) is 2.91. The van der Waals surface area contributed by atoms with E-state index in [0.717, 1.165) is 24.6 Å². The SMILES string of the molecule is O=S(=O)(c1ccccc1F)N1CCOC2(CN(Cc3cccnc3)CCCO2)C1. The van der Waals surface area contributed by atoms with Crippen LogP contribution >= 0.6 is 0 Å². The quantitative estimate of drug-likeness (QED) is 0.751. The predicted octanol–water partition coefficient (Wildman–Crippen LogP) is 1.86. The molecule has 2 fully saturated rings. The van der Waals surface area contributed by atoms with Gasteiger partial charge in [-0.1, -0.05) is 18.2 Å². The monoisotopic (exact) mass is 421 g/mol. The van der Waals surface area contributed by atoms with Crippen molar-refractivity contribution in [2.24, 2.45) is 0 Å². The number of ether oxygens (including phenoxy) is 2. The Kier molecular flexibility index (Phi) is 5.93. The lowest BCUT2D eigenvalue weighted by atomic mass is 10.2. The Labute approximate surface area is 170 Å². The van der Waals surface area contributed by atoms with Crippen LogP contribution in [-0.2, 0) is 26.0 Å². The Balaban J connectivity index is 1.54. The minimum absolute atomic E-state index is 0.0210. The van der Waals surface area contributed by atoms with E-state index in [-0.39, 0.29) is 24.6 Å². The molecule has 3 heterocycles. The van der Waals surface area contributed by atoms with Crippen LogP contribution in [0.4, 0.5) is 4.39 Å². The number of nitrogens with zero attached hydrogens (tertiary/aromatic N) is 3. The number of pyridine rings is 1. The molecule has 2 aliphatic heterocycles. The summed E-state index contributed by atoms with van der Waals surface area (Å²) in [4.78, 5) is 6.01. The highest BCUT2D eigenvalue weighted by molar-refractivity contribution is 7.89. The minimum atomic E-state index is -3.99. The first-order valence-corrected chi connectivity index (χ1v) is 11.1. The number of morpholine rings is 1. The molecule has 29 heavy (non-hydrogen) atoms. The second kappa shape index (κ2) is 8.45. The van der Waals surface area contributed by atoms with Gasteiger partial charge in [-0.3, -0.25) is 9.88 Å². The number of aromatic nitrogens is 1. The molecular formula is C20H24FN3O4S. The molecule has 0 saturated carbocycles. The van der Waals surface area contributed by atoms with Gasteiger partial charge < -0.3 is 9.47 Å². The summed E-state index contributed by atoms with van der Waals surface area (Å²) in [6, 6.07) is 9.32. The zero-order valence-corrected chi connectivity index (χ0v) is 16.9. The van der Waals surface area contributed by atoms with E-state index >= 15 is 0 Å². The molecule has 156 valence electrons. The summed E-state index contributed by atoms with van der Waals surface area (Å²) in [6.45, 7) is 2.73. The lowest BCUT2D eigenvalue weighted by Crippen LogP contribution is -2.59. The third-order valence-corrected chi connectivity index (χ3v) is 7.03. The van der Waals surface area contributed by atoms with Gasteiger partial charge in [0, 0.05) is 32.0 Å². The molecular weight excluding hydrogens is 397 g/mol. The highest BCUT2D eigenvalue weighted by atomic mass is 32.2. The van der Waals surface area contributed by atoms with Gasteiger partial charge in [0.05, 0.1) is 26.3 Å². The zero-order chi connectivity index (χ0) is 20.3. The van der Waals surface area contributed by atoms with Crippen LogP contribution in [0.5, 0.6) is 0 Å². The summed E-state index contributed by atoms with van der Waals surface area (Å²) in [5, 5.41) is 0. The van der Waals surface area contributed by atoms with E-state index in [4.69, 9.17) is 9.47 Å². The second-order valence-corrected chi connectivity index (χ2v) is 9.21. The van der Waals surface area contributed by atoms with Crippen LogP contribution in [0.1, 0.15) is 12.0 Å². The molecule has 1 atom stereocenters. The summed E-state index contributed by atoms with van der Waals surface area (Å²) in [6.07, 6.45) is 4.35. The lowest BCUT2D eigenvalue weighted by molar-refractivity contribution is -0.257. The highest BCUT2D eigenvalue weighted by Gasteiger charge is 2.44. The van der Waals surface area contributed by atoms with Gasteiger partial charge in [-0.25, -0.2) is 12.8 Å². The van der Waals surface area contributed by atoms with Gasteiger partial charge in [-0.15, -0.1) is 0 Å². The Morgan fingerprint density at radius 2 is 1.90 bits per heavy atom. The molecule has 0 aliphatic carbocycles. The predicted molar refractivity (Wildman–Crippen MR) is 104 cm³/mol. The van der Waals surface area contributed by atoms with Crippen molar-refractivity contribution in [1.29, 1.82) is 0 Å². The van der Waals surface area contributed by atoms with Crippen molar-refractivity contribution in [3.63, 3.8) is 0 Å². The maximum atomic E-state index is 14.2. The van der Waals surface area contributed by atoms with Crippen molar-refractivity contribution in [3.05, 3.63) is 60.2 Å². The smallest absolute Gasteiger partial charge is 0.246 e. The normalized spacial score (nSPS) is 24.4. The summed E-state index contributed by atoms with van der Waals surface area (Å²) >= 11 is 0. The number of benzene rings is 1. The molecule has 2 saturated heterocycles. The first kappa shape index (κ1) is 20.4. The Morgan fingerprint density at radius 1 is 1.07 bits per heavy atom. The third-order valence-electron chi connectivity index (χ3n) is 5.15. The van der Waals surface area contributed by atoms with Crippen molar-refractivity contribution >= 4 is 10.0 Å². The molecule has 9 heteroatoms. The number of rotatable bonds is 4. The van der Waals surface area contributed by atoms with Crippen molar-refractivity contribution in [1.82, 2.24) is 14.2 Å². The fraction of sp³-hybridized carbons (Fsp3) is 0.450. The number of hydrogen-bond donors (Lipinski definition) is 0. The van der Waals surface area contributed by atoms with E-state index < -0.39 is 21.6 Å². The van der Waals surface area contributed by atoms with Crippen molar-refractivity contribution in [3.8, 4) is 0 Å². The molecule has 0 radical (unpaired) electrons. The molecule has 1 spiro atoms. The standard InChI is InChI=1S/C20H24FN3O4S/c21-18-6-1-2-7-19(18)29(25,26)24-10-12-28-20(16-24)15-23(9-4-11-27-20)14-17-5-3-8-22-13-17/h1-3,5-8,13H,4,9-12,14-16H2. The molecule has 2 aromatic rings. The maximum absolute atomic E-state index is 14.2. The summed E-state index contributed by atoms with van der Waals surface area (Å²) in [5.74, 6) is -1.83. The topological polar surface area (TPSA) is 72.0 Å². The molecule has 0 bridgehead atoms. The minimum Gasteiger partial charge on any atom is -0.347 e. The van der Waals surface area contributed by atoms with Crippen LogP contribution in [0.25, 0.3) is 0 Å². The maximum Gasteiger partial charge on any atom is 0.246 e. The van der Waals surface area contributed by atoms with E-state index in [1.54, 1.807) is 6.20 Å². The van der Waals surface area contributed by atoms with Gasteiger partial charge in [0.2, 0.25) is 10.0 Å². The van der Waals surface area contributed by atoms with Gasteiger partial charge in [0.1, 0.15) is 10.7 Å². The molecule has 1 aromatic heterocycles. The van der Waals surface area contributed by atoms with E-state index in [1.807, 2.05) is 18.3 Å². The van der Waals surface area contributed by atoms with Crippen molar-refractivity contribution in [2.45, 2.75) is 23.6 Å². The molecule has 7 nitrogen and oxygen atoms in total. The first-order valence-electron chi connectivity index (χ1n) is 9.62. The largest absolute Gasteiger partial charge is 0.347 e. The molecule has 0 N–H and O–H groups in total. The van der Waals surface area contributed by atoms with Crippen LogP contribution < -0.4 is 0 Å². The highest BCUT2D eigenvalue weighted by Crippen LogP contribution is 2.29. The van der Waals surface area contributed by atoms with Gasteiger partial charge in [-0.05, 0) is 30.2 Å². The number of sulfonamides is 1. The Bertz CT molecular complexity index is 944. The first-order chi connectivity index (χ1) is 14.0. The average molecular weight is 421 g/mol. The number of halogens is 1. The van der Waals surface area contributed by atoms with Crippen molar-refractivity contribution < 1.29 is 22.3 Å². The van der Waals surface area contributed by atoms with Gasteiger partial charge in [0.25, 0.3) is 0 Å². The second-order valence-electron chi connectivity index (χ2n) is 7.30. The molecule has 4 rings (SSSR count). The zero-order valence-electron chi connectivity index (χ0n) is 16.0. The van der Waals surface area contributed by atoms with Crippen LogP contribution in [0.2, 0.25) is 0 Å². The van der Waals surface area contributed by atoms with Gasteiger partial charge >= 0.3 is 0 Å². The van der Waals surface area contributed by atoms with E-state index in [0.29, 0.717) is 19.7 Å². The molecule has 2 aliphatic rings. The van der Waals surface area contributed by atoms with E-state index in [9.17, 15) is 12.8 Å². The van der Waals surface area contributed by atoms with Crippen LogP contribution in [0, 0.1) is 5.82 Å². The van der Waals surface area contributed by atoms with Crippen LogP contribution in [0.3, 0.4) is 0 Å². The lowest BCUT2D eigenvalue weighted by Gasteiger charge is -2.42. The summed E-state index contributed by atoms with van der Waals surface area (Å²) in [5.41, 5.74) is 1.07.